The standard InChI is InChI=1S/C20H19N5O/c1-14-17(18-5-2-3-7-19(18)22-14)6-4-8-20(26)15-9-11-16(12-10-15)25-13-21-23-24-25/h2-3,5,7,9-13,22H,4,6,8H2,1H3/p+1. The van der Waals surface area contributed by atoms with Crippen LogP contribution >= 0.6 is 0 Å². The average molecular weight is 346 g/mol. The van der Waals surface area contributed by atoms with E-state index in [0.717, 1.165) is 29.6 Å². The lowest BCUT2D eigenvalue weighted by atomic mass is 10.0. The highest BCUT2D eigenvalue weighted by atomic mass is 16.1. The van der Waals surface area contributed by atoms with Crippen molar-refractivity contribution in [1.82, 2.24) is 20.5 Å². The summed E-state index contributed by atoms with van der Waals surface area (Å²) in [7, 11) is 0. The number of ketones is 1. The summed E-state index contributed by atoms with van der Waals surface area (Å²) in [5.41, 5.74) is 5.28. The number of aromatic nitrogens is 5. The topological polar surface area (TPSA) is 78.3 Å². The molecule has 0 saturated carbocycles. The summed E-state index contributed by atoms with van der Waals surface area (Å²) in [6.07, 6.45) is 3.86. The molecule has 4 aromatic rings. The molecule has 0 bridgehead atoms. The Morgan fingerprint density at radius 2 is 1.92 bits per heavy atom. The van der Waals surface area contributed by atoms with E-state index >= 15 is 0 Å². The number of H-pyrrole nitrogens is 2. The van der Waals surface area contributed by atoms with Gasteiger partial charge in [0.05, 0.1) is 0 Å². The fourth-order valence-corrected chi connectivity index (χ4v) is 3.34. The Hall–Kier alpha value is -3.28. The zero-order chi connectivity index (χ0) is 17.9. The van der Waals surface area contributed by atoms with Crippen LogP contribution in [0.3, 0.4) is 0 Å². The molecular formula is C20H20N5O+. The molecule has 2 aromatic heterocycles. The first-order chi connectivity index (χ1) is 12.7. The molecule has 0 amide bonds. The van der Waals surface area contributed by atoms with Crippen LogP contribution in [0.15, 0.2) is 54.9 Å². The van der Waals surface area contributed by atoms with Gasteiger partial charge >= 0.3 is 0 Å². The Labute approximate surface area is 150 Å². The average Bonchev–Trinajstić information content (AvgIpc) is 3.30. The number of carbonyl (C=O) groups is 1. The van der Waals surface area contributed by atoms with Crippen LogP contribution in [0, 0.1) is 6.92 Å². The fraction of sp³-hybridized carbons (Fsp3) is 0.200. The number of Topliss-reactive ketones (excluding diaryl/α,β-unsaturated/α-hetero) is 1. The van der Waals surface area contributed by atoms with E-state index < -0.39 is 0 Å². The van der Waals surface area contributed by atoms with Crippen molar-refractivity contribution in [1.29, 1.82) is 0 Å². The molecule has 2 aromatic carbocycles. The molecule has 0 aliphatic heterocycles. The molecule has 4 rings (SSSR count). The smallest absolute Gasteiger partial charge is 0.293 e. The van der Waals surface area contributed by atoms with Crippen molar-refractivity contribution in [2.75, 3.05) is 0 Å². The Balaban J connectivity index is 1.40. The number of nitrogens with one attached hydrogen (secondary N) is 2. The van der Waals surface area contributed by atoms with Crippen molar-refractivity contribution >= 4 is 16.7 Å². The molecular weight excluding hydrogens is 326 g/mol. The van der Waals surface area contributed by atoms with E-state index in [0.29, 0.717) is 6.42 Å². The molecule has 6 nitrogen and oxygen atoms in total. The molecule has 0 unspecified atom stereocenters. The Morgan fingerprint density at radius 1 is 1.12 bits per heavy atom. The van der Waals surface area contributed by atoms with E-state index in [9.17, 15) is 4.79 Å². The van der Waals surface area contributed by atoms with Gasteiger partial charge in [0.25, 0.3) is 6.33 Å². The van der Waals surface area contributed by atoms with Gasteiger partial charge in [0.2, 0.25) is 0 Å². The molecule has 2 N–H and O–H groups in total. The van der Waals surface area contributed by atoms with E-state index in [1.54, 1.807) is 11.0 Å². The van der Waals surface area contributed by atoms with Gasteiger partial charge in [0, 0.05) is 28.6 Å². The number of hydrogen-bond donors (Lipinski definition) is 2. The molecule has 26 heavy (non-hydrogen) atoms. The van der Waals surface area contributed by atoms with Gasteiger partial charge in [-0.3, -0.25) is 4.79 Å². The maximum Gasteiger partial charge on any atom is 0.293 e. The number of nitrogens with zero attached hydrogens (tertiary/aromatic N) is 3. The van der Waals surface area contributed by atoms with E-state index in [1.807, 2.05) is 30.3 Å². The third-order valence-corrected chi connectivity index (χ3v) is 4.70. The van der Waals surface area contributed by atoms with Gasteiger partial charge in [-0.05, 0) is 55.7 Å². The zero-order valence-corrected chi connectivity index (χ0v) is 14.6. The van der Waals surface area contributed by atoms with Crippen molar-refractivity contribution in [3.63, 3.8) is 0 Å². The summed E-state index contributed by atoms with van der Waals surface area (Å²) in [6, 6.07) is 15.8. The molecule has 0 aliphatic rings. The quantitative estimate of drug-likeness (QED) is 0.416. The normalized spacial score (nSPS) is 11.1. The van der Waals surface area contributed by atoms with Crippen molar-refractivity contribution in [3.8, 4) is 5.69 Å². The maximum absolute atomic E-state index is 12.5. The van der Waals surface area contributed by atoms with E-state index in [4.69, 9.17) is 0 Å². The lowest BCUT2D eigenvalue weighted by Crippen LogP contribution is -2.31. The summed E-state index contributed by atoms with van der Waals surface area (Å²) in [5.74, 6) is 0.168. The molecule has 0 radical (unpaired) electrons. The number of para-hydroxylation sites is 1. The van der Waals surface area contributed by atoms with E-state index in [-0.39, 0.29) is 5.78 Å². The number of tetrazole rings is 1. The van der Waals surface area contributed by atoms with Crippen molar-refractivity contribution in [2.24, 2.45) is 0 Å². The van der Waals surface area contributed by atoms with Gasteiger partial charge in [-0.15, -0.1) is 4.68 Å². The number of hydrogen-bond acceptors (Lipinski definition) is 3. The van der Waals surface area contributed by atoms with Crippen molar-refractivity contribution in [3.05, 3.63) is 71.7 Å². The molecule has 0 spiro atoms. The summed E-state index contributed by atoms with van der Waals surface area (Å²) in [4.78, 5) is 15.9. The number of carbonyl (C=O) groups excluding carboxylic acids is 1. The van der Waals surface area contributed by atoms with Crippen LogP contribution < -0.4 is 4.68 Å². The monoisotopic (exact) mass is 346 g/mol. The minimum Gasteiger partial charge on any atom is -0.358 e. The van der Waals surface area contributed by atoms with Crippen molar-refractivity contribution < 1.29 is 9.48 Å². The molecule has 0 saturated heterocycles. The van der Waals surface area contributed by atoms with Gasteiger partial charge < -0.3 is 4.98 Å². The molecule has 0 fully saturated rings. The maximum atomic E-state index is 12.5. The largest absolute Gasteiger partial charge is 0.358 e. The summed E-state index contributed by atoms with van der Waals surface area (Å²) >= 11 is 0. The van der Waals surface area contributed by atoms with Crippen LogP contribution in [0.5, 0.6) is 0 Å². The van der Waals surface area contributed by atoms with Crippen LogP contribution in [-0.4, -0.2) is 26.3 Å². The number of fused-ring (bicyclic) bond motifs is 1. The van der Waals surface area contributed by atoms with Crippen LogP contribution in [-0.2, 0) is 6.42 Å². The first-order valence-corrected chi connectivity index (χ1v) is 8.70. The summed E-state index contributed by atoms with van der Waals surface area (Å²) in [6.45, 7) is 2.10. The Kier molecular flexibility index (Phi) is 4.31. The zero-order valence-electron chi connectivity index (χ0n) is 14.6. The lowest BCUT2D eigenvalue weighted by Gasteiger charge is -2.03. The molecule has 2 heterocycles. The van der Waals surface area contributed by atoms with Gasteiger partial charge in [-0.25, -0.2) is 0 Å². The van der Waals surface area contributed by atoms with Gasteiger partial charge in [-0.1, -0.05) is 23.4 Å². The van der Waals surface area contributed by atoms with Crippen LogP contribution in [0.25, 0.3) is 16.6 Å². The second kappa shape index (κ2) is 6.92. The predicted molar refractivity (Wildman–Crippen MR) is 98.2 cm³/mol. The molecule has 0 atom stereocenters. The highest BCUT2D eigenvalue weighted by molar-refractivity contribution is 5.96. The second-order valence-corrected chi connectivity index (χ2v) is 6.40. The molecule has 130 valence electrons. The first-order valence-electron chi connectivity index (χ1n) is 8.70. The second-order valence-electron chi connectivity index (χ2n) is 6.40. The Morgan fingerprint density at radius 3 is 2.69 bits per heavy atom. The fourth-order valence-electron chi connectivity index (χ4n) is 3.34. The van der Waals surface area contributed by atoms with Crippen molar-refractivity contribution in [2.45, 2.75) is 26.2 Å². The summed E-state index contributed by atoms with van der Waals surface area (Å²) in [5, 5.41) is 11.4. The lowest BCUT2D eigenvalue weighted by molar-refractivity contribution is -0.660. The SMILES string of the molecule is Cc1[nH]c2ccccc2c1CCCC(=O)c1ccc(-[n+]2cnn[nH]2)cc1. The number of rotatable bonds is 6. The third kappa shape index (κ3) is 3.13. The van der Waals surface area contributed by atoms with Gasteiger partial charge in [-0.2, -0.15) is 0 Å². The molecule has 0 aliphatic carbocycles. The van der Waals surface area contributed by atoms with Gasteiger partial charge in [0.15, 0.2) is 11.0 Å². The highest BCUT2D eigenvalue weighted by Gasteiger charge is 2.11. The summed E-state index contributed by atoms with van der Waals surface area (Å²) < 4.78 is 1.69. The van der Waals surface area contributed by atoms with Crippen LogP contribution in [0.2, 0.25) is 0 Å². The molecule has 6 heteroatoms. The van der Waals surface area contributed by atoms with Gasteiger partial charge in [0.1, 0.15) is 10.8 Å². The van der Waals surface area contributed by atoms with Crippen LogP contribution in [0.1, 0.15) is 34.5 Å². The first kappa shape index (κ1) is 16.2. The third-order valence-electron chi connectivity index (χ3n) is 4.70. The minimum absolute atomic E-state index is 0.168. The number of aryl methyl sites for hydroxylation is 2. The highest BCUT2D eigenvalue weighted by Crippen LogP contribution is 2.23. The minimum atomic E-state index is 0.168. The van der Waals surface area contributed by atoms with Crippen LogP contribution in [0.4, 0.5) is 0 Å². The van der Waals surface area contributed by atoms with E-state index in [1.165, 1.54) is 16.6 Å². The number of benzene rings is 2. The Bertz CT molecular complexity index is 1030. The van der Waals surface area contributed by atoms with E-state index in [2.05, 4.69) is 45.6 Å². The predicted octanol–water partition coefficient (Wildman–Crippen LogP) is 3.08. The number of aromatic amines is 2.